The lowest BCUT2D eigenvalue weighted by molar-refractivity contribution is 0.863. The highest BCUT2D eigenvalue weighted by Gasteiger charge is 2.09. The molecule has 4 aromatic rings. The summed E-state index contributed by atoms with van der Waals surface area (Å²) in [5.74, 6) is 2.05. The predicted molar refractivity (Wildman–Crippen MR) is 94.2 cm³/mol. The van der Waals surface area contributed by atoms with Crippen LogP contribution < -0.4 is 10.6 Å². The van der Waals surface area contributed by atoms with Crippen molar-refractivity contribution in [2.75, 3.05) is 10.6 Å². The van der Waals surface area contributed by atoms with Crippen LogP contribution in [0, 0.1) is 0 Å². The summed E-state index contributed by atoms with van der Waals surface area (Å²) in [6, 6.07) is 12.1. The smallest absolute Gasteiger partial charge is 0.225 e. The number of hydrogen-bond donors (Lipinski definition) is 4. The number of benzene rings is 1. The molecule has 0 spiro atoms. The van der Waals surface area contributed by atoms with E-state index in [-0.39, 0.29) is 6.04 Å². The molecule has 120 valence electrons. The maximum atomic E-state index is 4.48. The molecule has 0 saturated carbocycles. The second-order valence-electron chi connectivity index (χ2n) is 5.55. The standard InChI is InChI=1S/C17H17N7/c1-11(12-2-3-14-13(10-12)4-7-18-14)21-17-19-8-5-15(23-17)22-16-6-9-20-24-16/h2-11,18H,1H3,(H3,19,20,21,22,23,24). The van der Waals surface area contributed by atoms with E-state index in [0.717, 1.165) is 11.3 Å². The van der Waals surface area contributed by atoms with Gasteiger partial charge in [-0.3, -0.25) is 5.10 Å². The molecule has 1 unspecified atom stereocenters. The Morgan fingerprint density at radius 2 is 2.04 bits per heavy atom. The first-order valence-corrected chi connectivity index (χ1v) is 7.71. The van der Waals surface area contributed by atoms with Gasteiger partial charge in [-0.2, -0.15) is 10.1 Å². The van der Waals surface area contributed by atoms with E-state index >= 15 is 0 Å². The van der Waals surface area contributed by atoms with Crippen molar-refractivity contribution in [1.82, 2.24) is 25.1 Å². The Balaban J connectivity index is 1.51. The van der Waals surface area contributed by atoms with E-state index in [4.69, 9.17) is 0 Å². The van der Waals surface area contributed by atoms with Crippen LogP contribution in [0.1, 0.15) is 18.5 Å². The van der Waals surface area contributed by atoms with E-state index in [9.17, 15) is 0 Å². The molecule has 0 saturated heterocycles. The molecule has 1 aromatic carbocycles. The van der Waals surface area contributed by atoms with Gasteiger partial charge in [-0.05, 0) is 42.1 Å². The van der Waals surface area contributed by atoms with Gasteiger partial charge in [-0.15, -0.1) is 0 Å². The summed E-state index contributed by atoms with van der Waals surface area (Å²) in [5.41, 5.74) is 2.31. The summed E-state index contributed by atoms with van der Waals surface area (Å²) in [7, 11) is 0. The van der Waals surface area contributed by atoms with E-state index in [1.54, 1.807) is 12.4 Å². The number of fused-ring (bicyclic) bond motifs is 1. The van der Waals surface area contributed by atoms with Gasteiger partial charge in [0, 0.05) is 24.0 Å². The van der Waals surface area contributed by atoms with Crippen molar-refractivity contribution in [1.29, 1.82) is 0 Å². The normalized spacial score (nSPS) is 12.2. The third kappa shape index (κ3) is 2.91. The topological polar surface area (TPSA) is 94.3 Å². The van der Waals surface area contributed by atoms with Gasteiger partial charge in [0.2, 0.25) is 5.95 Å². The van der Waals surface area contributed by atoms with Crippen molar-refractivity contribution in [3.63, 3.8) is 0 Å². The monoisotopic (exact) mass is 319 g/mol. The fraction of sp³-hybridized carbons (Fsp3) is 0.118. The lowest BCUT2D eigenvalue weighted by Crippen LogP contribution is -2.10. The third-order valence-electron chi connectivity index (χ3n) is 3.84. The number of aromatic nitrogens is 5. The highest BCUT2D eigenvalue weighted by Crippen LogP contribution is 2.22. The highest BCUT2D eigenvalue weighted by atomic mass is 15.2. The van der Waals surface area contributed by atoms with Crippen LogP contribution in [0.15, 0.2) is 55.0 Å². The number of hydrogen-bond acceptors (Lipinski definition) is 5. The molecule has 0 aliphatic heterocycles. The second kappa shape index (κ2) is 6.04. The van der Waals surface area contributed by atoms with E-state index < -0.39 is 0 Å². The zero-order valence-electron chi connectivity index (χ0n) is 13.1. The van der Waals surface area contributed by atoms with E-state index in [2.05, 4.69) is 67.0 Å². The third-order valence-corrected chi connectivity index (χ3v) is 3.84. The average Bonchev–Trinajstić information content (AvgIpc) is 3.25. The van der Waals surface area contributed by atoms with E-state index in [1.165, 1.54) is 10.9 Å². The fourth-order valence-corrected chi connectivity index (χ4v) is 2.58. The number of anilines is 3. The molecule has 3 aromatic heterocycles. The molecule has 0 aliphatic carbocycles. The van der Waals surface area contributed by atoms with Gasteiger partial charge in [0.25, 0.3) is 0 Å². The molecular weight excluding hydrogens is 302 g/mol. The van der Waals surface area contributed by atoms with Crippen LogP contribution in [-0.4, -0.2) is 25.1 Å². The lowest BCUT2D eigenvalue weighted by Gasteiger charge is -2.15. The number of nitrogens with zero attached hydrogens (tertiary/aromatic N) is 3. The Hall–Kier alpha value is -3.35. The van der Waals surface area contributed by atoms with Gasteiger partial charge in [0.15, 0.2) is 0 Å². The Morgan fingerprint density at radius 1 is 1.08 bits per heavy atom. The molecule has 4 rings (SSSR count). The van der Waals surface area contributed by atoms with Gasteiger partial charge < -0.3 is 15.6 Å². The minimum Gasteiger partial charge on any atom is -0.361 e. The van der Waals surface area contributed by atoms with Crippen molar-refractivity contribution < 1.29 is 0 Å². The Morgan fingerprint density at radius 3 is 2.92 bits per heavy atom. The minimum atomic E-state index is 0.0895. The van der Waals surface area contributed by atoms with E-state index in [0.29, 0.717) is 11.8 Å². The van der Waals surface area contributed by atoms with Crippen molar-refractivity contribution in [2.24, 2.45) is 0 Å². The molecule has 0 aliphatic rings. The Kier molecular flexibility index (Phi) is 3.59. The summed E-state index contributed by atoms with van der Waals surface area (Å²) in [5, 5.41) is 14.4. The van der Waals surface area contributed by atoms with Crippen LogP contribution in [-0.2, 0) is 0 Å². The zero-order chi connectivity index (χ0) is 16.4. The molecular formula is C17H17N7. The van der Waals surface area contributed by atoms with Gasteiger partial charge in [0.1, 0.15) is 11.6 Å². The fourth-order valence-electron chi connectivity index (χ4n) is 2.58. The van der Waals surface area contributed by atoms with Gasteiger partial charge in [-0.1, -0.05) is 6.07 Å². The van der Waals surface area contributed by atoms with Crippen molar-refractivity contribution in [3.8, 4) is 0 Å². The molecule has 0 amide bonds. The second-order valence-corrected chi connectivity index (χ2v) is 5.55. The number of nitrogens with one attached hydrogen (secondary N) is 4. The largest absolute Gasteiger partial charge is 0.361 e. The SMILES string of the molecule is CC(Nc1nccc(Nc2ccn[nH]2)n1)c1ccc2[nH]ccc2c1. The highest BCUT2D eigenvalue weighted by molar-refractivity contribution is 5.80. The van der Waals surface area contributed by atoms with Crippen LogP contribution in [0.2, 0.25) is 0 Å². The Bertz CT molecular complexity index is 942. The summed E-state index contributed by atoms with van der Waals surface area (Å²) in [6.07, 6.45) is 5.35. The number of rotatable bonds is 5. The van der Waals surface area contributed by atoms with Crippen LogP contribution in [0.25, 0.3) is 10.9 Å². The molecule has 4 N–H and O–H groups in total. The molecule has 0 radical (unpaired) electrons. The molecule has 0 bridgehead atoms. The van der Waals surface area contributed by atoms with Gasteiger partial charge >= 0.3 is 0 Å². The average molecular weight is 319 g/mol. The number of aromatic amines is 2. The van der Waals surface area contributed by atoms with Crippen LogP contribution >= 0.6 is 0 Å². The molecule has 0 fully saturated rings. The molecule has 24 heavy (non-hydrogen) atoms. The summed E-state index contributed by atoms with van der Waals surface area (Å²) in [4.78, 5) is 12.0. The summed E-state index contributed by atoms with van der Waals surface area (Å²) < 4.78 is 0. The molecule has 3 heterocycles. The lowest BCUT2D eigenvalue weighted by atomic mass is 10.1. The summed E-state index contributed by atoms with van der Waals surface area (Å²) >= 11 is 0. The molecule has 7 heteroatoms. The summed E-state index contributed by atoms with van der Waals surface area (Å²) in [6.45, 7) is 2.09. The number of H-pyrrole nitrogens is 2. The first-order chi connectivity index (χ1) is 11.8. The van der Waals surface area contributed by atoms with Crippen LogP contribution in [0.5, 0.6) is 0 Å². The predicted octanol–water partition coefficient (Wildman–Crippen LogP) is 3.60. The maximum absolute atomic E-state index is 4.48. The molecule has 7 nitrogen and oxygen atoms in total. The van der Waals surface area contributed by atoms with Gasteiger partial charge in [-0.25, -0.2) is 4.98 Å². The quantitative estimate of drug-likeness (QED) is 0.451. The van der Waals surface area contributed by atoms with Gasteiger partial charge in [0.05, 0.1) is 12.2 Å². The first kappa shape index (κ1) is 14.3. The first-order valence-electron chi connectivity index (χ1n) is 7.71. The zero-order valence-corrected chi connectivity index (χ0v) is 13.1. The van der Waals surface area contributed by atoms with Crippen LogP contribution in [0.4, 0.5) is 17.6 Å². The molecule has 1 atom stereocenters. The van der Waals surface area contributed by atoms with Crippen LogP contribution in [0.3, 0.4) is 0 Å². The maximum Gasteiger partial charge on any atom is 0.225 e. The Labute approximate surface area is 138 Å². The van der Waals surface area contributed by atoms with E-state index in [1.807, 2.05) is 18.3 Å². The minimum absolute atomic E-state index is 0.0895. The van der Waals surface area contributed by atoms with Crippen molar-refractivity contribution >= 4 is 28.5 Å². The van der Waals surface area contributed by atoms with Crippen molar-refractivity contribution in [3.05, 3.63) is 60.6 Å². The van der Waals surface area contributed by atoms with Crippen molar-refractivity contribution in [2.45, 2.75) is 13.0 Å².